The van der Waals surface area contributed by atoms with E-state index in [1.807, 2.05) is 19.9 Å². The van der Waals surface area contributed by atoms with Crippen LogP contribution in [0.15, 0.2) is 11.6 Å². The van der Waals surface area contributed by atoms with Crippen molar-refractivity contribution in [3.8, 4) is 0 Å². The molecular weight excluding hydrogens is 188 g/mol. The van der Waals surface area contributed by atoms with Crippen molar-refractivity contribution in [3.63, 3.8) is 0 Å². The molecule has 0 aromatic rings. The smallest absolute Gasteiger partial charge is 0.333 e. The predicted octanol–water partition coefficient (Wildman–Crippen LogP) is 3.61. The van der Waals surface area contributed by atoms with Gasteiger partial charge in [0.15, 0.2) is 0 Å². The third kappa shape index (κ3) is 4.50. The first-order valence-electron chi connectivity index (χ1n) is 6.11. The molecule has 1 aliphatic rings. The second-order valence-corrected chi connectivity index (χ2v) is 4.31. The highest BCUT2D eigenvalue weighted by Crippen LogP contribution is 2.20. The van der Waals surface area contributed by atoms with Crippen LogP contribution >= 0.6 is 0 Å². The summed E-state index contributed by atoms with van der Waals surface area (Å²) < 4.78 is 5.48. The van der Waals surface area contributed by atoms with Gasteiger partial charge in [-0.3, -0.25) is 0 Å². The van der Waals surface area contributed by atoms with Crippen LogP contribution in [0.1, 0.15) is 58.8 Å². The van der Waals surface area contributed by atoms with Crippen molar-refractivity contribution >= 4 is 5.97 Å². The third-order valence-corrected chi connectivity index (χ3v) is 2.91. The Bertz CT molecular complexity index is 223. The summed E-state index contributed by atoms with van der Waals surface area (Å²) >= 11 is 0. The summed E-state index contributed by atoms with van der Waals surface area (Å²) in [5.74, 6) is -0.122. The molecule has 15 heavy (non-hydrogen) atoms. The second kappa shape index (κ2) is 6.65. The van der Waals surface area contributed by atoms with Gasteiger partial charge in [-0.15, -0.1) is 0 Å². The molecule has 1 saturated carbocycles. The minimum Gasteiger partial charge on any atom is -0.459 e. The van der Waals surface area contributed by atoms with Crippen LogP contribution < -0.4 is 0 Å². The number of ether oxygens (including phenoxy) is 1. The van der Waals surface area contributed by atoms with Crippen molar-refractivity contribution in [1.82, 2.24) is 0 Å². The van der Waals surface area contributed by atoms with Gasteiger partial charge < -0.3 is 4.74 Å². The molecule has 0 heterocycles. The Morgan fingerprint density at radius 2 is 1.87 bits per heavy atom. The summed E-state index contributed by atoms with van der Waals surface area (Å²) in [4.78, 5) is 11.6. The van der Waals surface area contributed by atoms with Crippen LogP contribution in [0.25, 0.3) is 0 Å². The topological polar surface area (TPSA) is 26.3 Å². The lowest BCUT2D eigenvalue weighted by Gasteiger charge is -2.15. The van der Waals surface area contributed by atoms with Gasteiger partial charge in [-0.25, -0.2) is 4.79 Å². The predicted molar refractivity (Wildman–Crippen MR) is 61.6 cm³/mol. The van der Waals surface area contributed by atoms with Crippen molar-refractivity contribution in [2.24, 2.45) is 0 Å². The maximum atomic E-state index is 11.6. The molecule has 0 amide bonds. The van der Waals surface area contributed by atoms with Gasteiger partial charge in [0.1, 0.15) is 6.10 Å². The van der Waals surface area contributed by atoms with E-state index in [0.29, 0.717) is 0 Å². The number of rotatable bonds is 3. The average molecular weight is 210 g/mol. The van der Waals surface area contributed by atoms with Crippen LogP contribution in [0.4, 0.5) is 0 Å². The molecule has 0 atom stereocenters. The maximum Gasteiger partial charge on any atom is 0.333 e. The quantitative estimate of drug-likeness (QED) is 0.404. The van der Waals surface area contributed by atoms with Gasteiger partial charge in [-0.2, -0.15) is 0 Å². The first kappa shape index (κ1) is 12.3. The summed E-state index contributed by atoms with van der Waals surface area (Å²) in [6.07, 6.45) is 10.1. The molecule has 0 aliphatic heterocycles. The summed E-state index contributed by atoms with van der Waals surface area (Å²) in [7, 11) is 0. The molecule has 0 N–H and O–H groups in total. The normalized spacial score (nSPS) is 19.7. The zero-order chi connectivity index (χ0) is 11.1. The zero-order valence-corrected chi connectivity index (χ0v) is 9.92. The largest absolute Gasteiger partial charge is 0.459 e. The Kier molecular flexibility index (Phi) is 5.44. The summed E-state index contributed by atoms with van der Waals surface area (Å²) in [6.45, 7) is 3.87. The summed E-state index contributed by atoms with van der Waals surface area (Å²) in [5, 5.41) is 0. The van der Waals surface area contributed by atoms with Gasteiger partial charge >= 0.3 is 5.97 Å². The first-order valence-corrected chi connectivity index (χ1v) is 6.11. The highest BCUT2D eigenvalue weighted by Gasteiger charge is 2.17. The van der Waals surface area contributed by atoms with E-state index in [4.69, 9.17) is 4.74 Å². The van der Waals surface area contributed by atoms with Crippen LogP contribution in [0.2, 0.25) is 0 Å². The van der Waals surface area contributed by atoms with Gasteiger partial charge in [0.05, 0.1) is 0 Å². The fourth-order valence-electron chi connectivity index (χ4n) is 1.99. The molecule has 1 rings (SSSR count). The molecule has 0 radical (unpaired) electrons. The highest BCUT2D eigenvalue weighted by atomic mass is 16.5. The van der Waals surface area contributed by atoms with Crippen LogP contribution in [-0.2, 0) is 9.53 Å². The van der Waals surface area contributed by atoms with Gasteiger partial charge in [0.25, 0.3) is 0 Å². The lowest BCUT2D eigenvalue weighted by molar-refractivity contribution is -0.144. The Hall–Kier alpha value is -0.790. The molecule has 0 bridgehead atoms. The first-order chi connectivity index (χ1) is 7.24. The lowest BCUT2D eigenvalue weighted by Crippen LogP contribution is -2.18. The van der Waals surface area contributed by atoms with Gasteiger partial charge in [-0.05, 0) is 39.0 Å². The molecule has 2 heteroatoms. The van der Waals surface area contributed by atoms with E-state index in [-0.39, 0.29) is 12.1 Å². The van der Waals surface area contributed by atoms with Crippen LogP contribution in [0, 0.1) is 0 Å². The average Bonchev–Trinajstić information content (AvgIpc) is 2.46. The monoisotopic (exact) mass is 210 g/mol. The molecule has 0 aromatic heterocycles. The Labute approximate surface area is 92.7 Å². The molecule has 0 aromatic carbocycles. The van der Waals surface area contributed by atoms with E-state index >= 15 is 0 Å². The minimum atomic E-state index is -0.122. The number of esters is 1. The number of carbonyl (C=O) groups excluding carboxylic acids is 1. The number of hydrogen-bond acceptors (Lipinski definition) is 2. The van der Waals surface area contributed by atoms with E-state index in [1.54, 1.807) is 0 Å². The van der Waals surface area contributed by atoms with Gasteiger partial charge in [0.2, 0.25) is 0 Å². The van der Waals surface area contributed by atoms with Crippen molar-refractivity contribution < 1.29 is 9.53 Å². The second-order valence-electron chi connectivity index (χ2n) is 4.31. The molecule has 2 nitrogen and oxygen atoms in total. The SMILES string of the molecule is CC/C=C(\C)C(=O)OC1CCCCCC1. The lowest BCUT2D eigenvalue weighted by atomic mass is 10.1. The molecule has 1 fully saturated rings. The third-order valence-electron chi connectivity index (χ3n) is 2.91. The molecule has 0 saturated heterocycles. The number of allylic oxidation sites excluding steroid dienone is 1. The van der Waals surface area contributed by atoms with Crippen LogP contribution in [0.5, 0.6) is 0 Å². The minimum absolute atomic E-state index is 0.122. The molecule has 86 valence electrons. The summed E-state index contributed by atoms with van der Waals surface area (Å²) in [6, 6.07) is 0. The van der Waals surface area contributed by atoms with E-state index in [0.717, 1.165) is 24.8 Å². The van der Waals surface area contributed by atoms with Crippen LogP contribution in [0.3, 0.4) is 0 Å². The van der Waals surface area contributed by atoms with E-state index in [1.165, 1.54) is 25.7 Å². The van der Waals surface area contributed by atoms with Crippen molar-refractivity contribution in [2.75, 3.05) is 0 Å². The Morgan fingerprint density at radius 3 is 2.40 bits per heavy atom. The Morgan fingerprint density at radius 1 is 1.27 bits per heavy atom. The maximum absolute atomic E-state index is 11.6. The van der Waals surface area contributed by atoms with Crippen molar-refractivity contribution in [1.29, 1.82) is 0 Å². The fraction of sp³-hybridized carbons (Fsp3) is 0.769. The van der Waals surface area contributed by atoms with E-state index < -0.39 is 0 Å². The van der Waals surface area contributed by atoms with E-state index in [2.05, 4.69) is 0 Å². The molecular formula is C13H22O2. The highest BCUT2D eigenvalue weighted by molar-refractivity contribution is 5.87. The zero-order valence-electron chi connectivity index (χ0n) is 9.92. The van der Waals surface area contributed by atoms with E-state index in [9.17, 15) is 4.79 Å². The van der Waals surface area contributed by atoms with Gasteiger partial charge in [0, 0.05) is 5.57 Å². The van der Waals surface area contributed by atoms with Crippen molar-refractivity contribution in [2.45, 2.75) is 64.9 Å². The van der Waals surface area contributed by atoms with Crippen molar-refractivity contribution in [3.05, 3.63) is 11.6 Å². The fourth-order valence-corrected chi connectivity index (χ4v) is 1.99. The summed E-state index contributed by atoms with van der Waals surface area (Å²) in [5.41, 5.74) is 0.752. The Balaban J connectivity index is 2.38. The molecule has 0 unspecified atom stereocenters. The van der Waals surface area contributed by atoms with Gasteiger partial charge in [-0.1, -0.05) is 25.8 Å². The standard InChI is InChI=1S/C13H22O2/c1-3-8-11(2)13(14)15-12-9-6-4-5-7-10-12/h8,12H,3-7,9-10H2,1-2H3/b11-8+. The molecule has 0 spiro atoms. The number of carbonyl (C=O) groups is 1. The van der Waals surface area contributed by atoms with Crippen LogP contribution in [-0.4, -0.2) is 12.1 Å². The number of hydrogen-bond donors (Lipinski definition) is 0. The molecule has 1 aliphatic carbocycles.